The molecule has 2 aromatic rings. The molecule has 2 fully saturated rings. The van der Waals surface area contributed by atoms with E-state index in [0.717, 1.165) is 37.3 Å². The SMILES string of the molecule is NC1CCN(c2nccn3nc(C4CC4)cc23)CC1. The average molecular weight is 257 g/mol. The monoisotopic (exact) mass is 257 g/mol. The van der Waals surface area contributed by atoms with Gasteiger partial charge in [-0.2, -0.15) is 5.10 Å². The molecule has 2 N–H and O–H groups in total. The highest BCUT2D eigenvalue weighted by molar-refractivity contribution is 5.69. The molecule has 0 radical (unpaired) electrons. The van der Waals surface area contributed by atoms with Gasteiger partial charge in [0.1, 0.15) is 5.52 Å². The molecule has 2 aromatic heterocycles. The molecular formula is C14H19N5. The molecule has 2 aliphatic rings. The van der Waals surface area contributed by atoms with Crippen LogP contribution in [0, 0.1) is 0 Å². The third kappa shape index (κ3) is 1.98. The van der Waals surface area contributed by atoms with Gasteiger partial charge in [0.2, 0.25) is 0 Å². The summed E-state index contributed by atoms with van der Waals surface area (Å²) in [6.07, 6.45) is 8.45. The second kappa shape index (κ2) is 4.20. The molecule has 0 atom stereocenters. The molecule has 1 aliphatic carbocycles. The van der Waals surface area contributed by atoms with Gasteiger partial charge in [0.05, 0.1) is 5.69 Å². The number of aromatic nitrogens is 3. The summed E-state index contributed by atoms with van der Waals surface area (Å²) in [7, 11) is 0. The molecule has 1 saturated heterocycles. The van der Waals surface area contributed by atoms with Gasteiger partial charge in [-0.1, -0.05) is 0 Å². The van der Waals surface area contributed by atoms with E-state index in [4.69, 9.17) is 5.73 Å². The Morgan fingerprint density at radius 3 is 2.68 bits per heavy atom. The molecule has 3 heterocycles. The fourth-order valence-corrected chi connectivity index (χ4v) is 2.86. The fourth-order valence-electron chi connectivity index (χ4n) is 2.86. The van der Waals surface area contributed by atoms with Crippen LogP contribution in [0.2, 0.25) is 0 Å². The second-order valence-corrected chi connectivity index (χ2v) is 5.75. The van der Waals surface area contributed by atoms with Crippen LogP contribution in [0.1, 0.15) is 37.3 Å². The maximum absolute atomic E-state index is 5.98. The first kappa shape index (κ1) is 11.2. The Bertz CT molecular complexity index is 593. The van der Waals surface area contributed by atoms with Crippen molar-refractivity contribution >= 4 is 11.3 Å². The quantitative estimate of drug-likeness (QED) is 0.886. The molecule has 1 aliphatic heterocycles. The number of hydrogen-bond donors (Lipinski definition) is 1. The van der Waals surface area contributed by atoms with Crippen molar-refractivity contribution in [2.45, 2.75) is 37.6 Å². The van der Waals surface area contributed by atoms with Gasteiger partial charge in [0.15, 0.2) is 5.82 Å². The van der Waals surface area contributed by atoms with E-state index in [0.29, 0.717) is 12.0 Å². The van der Waals surface area contributed by atoms with Gasteiger partial charge >= 0.3 is 0 Å². The second-order valence-electron chi connectivity index (χ2n) is 5.75. The molecule has 0 spiro atoms. The van der Waals surface area contributed by atoms with E-state index in [1.165, 1.54) is 18.5 Å². The van der Waals surface area contributed by atoms with Crippen LogP contribution in [-0.4, -0.2) is 33.7 Å². The zero-order valence-corrected chi connectivity index (χ0v) is 11.0. The van der Waals surface area contributed by atoms with Gasteiger partial charge in [0, 0.05) is 37.4 Å². The fraction of sp³-hybridized carbons (Fsp3) is 0.571. The van der Waals surface area contributed by atoms with Gasteiger partial charge in [-0.25, -0.2) is 9.50 Å². The summed E-state index contributed by atoms with van der Waals surface area (Å²) in [5, 5.41) is 4.67. The summed E-state index contributed by atoms with van der Waals surface area (Å²) < 4.78 is 1.98. The lowest BCUT2D eigenvalue weighted by atomic mass is 10.1. The Kier molecular flexibility index (Phi) is 2.48. The highest BCUT2D eigenvalue weighted by Gasteiger charge is 2.27. The maximum atomic E-state index is 5.98. The largest absolute Gasteiger partial charge is 0.355 e. The summed E-state index contributed by atoms with van der Waals surface area (Å²) in [6.45, 7) is 2.00. The molecule has 5 nitrogen and oxygen atoms in total. The van der Waals surface area contributed by atoms with Crippen molar-refractivity contribution in [3.8, 4) is 0 Å². The molecule has 5 heteroatoms. The Hall–Kier alpha value is -1.62. The van der Waals surface area contributed by atoms with Crippen LogP contribution in [0.4, 0.5) is 5.82 Å². The highest BCUT2D eigenvalue weighted by Crippen LogP contribution is 2.40. The topological polar surface area (TPSA) is 59.5 Å². The van der Waals surface area contributed by atoms with Gasteiger partial charge in [0.25, 0.3) is 0 Å². The Morgan fingerprint density at radius 2 is 1.95 bits per heavy atom. The van der Waals surface area contributed by atoms with E-state index < -0.39 is 0 Å². The van der Waals surface area contributed by atoms with Crippen molar-refractivity contribution in [1.82, 2.24) is 14.6 Å². The third-order valence-corrected chi connectivity index (χ3v) is 4.22. The first-order valence-corrected chi connectivity index (χ1v) is 7.16. The minimum absolute atomic E-state index is 0.350. The number of fused-ring (bicyclic) bond motifs is 1. The number of nitrogens with two attached hydrogens (primary N) is 1. The molecule has 1 saturated carbocycles. The number of hydrogen-bond acceptors (Lipinski definition) is 4. The van der Waals surface area contributed by atoms with Gasteiger partial charge in [-0.05, 0) is 31.7 Å². The summed E-state index contributed by atoms with van der Waals surface area (Å²) in [5.74, 6) is 1.75. The number of piperidine rings is 1. The molecular weight excluding hydrogens is 238 g/mol. The van der Waals surface area contributed by atoms with E-state index in [9.17, 15) is 0 Å². The zero-order valence-electron chi connectivity index (χ0n) is 11.0. The first-order valence-electron chi connectivity index (χ1n) is 7.16. The minimum atomic E-state index is 0.350. The average Bonchev–Trinajstić information content (AvgIpc) is 3.18. The van der Waals surface area contributed by atoms with Gasteiger partial charge < -0.3 is 10.6 Å². The van der Waals surface area contributed by atoms with Crippen molar-refractivity contribution < 1.29 is 0 Å². The van der Waals surface area contributed by atoms with Gasteiger partial charge in [-0.3, -0.25) is 0 Å². The van der Waals surface area contributed by atoms with Crippen molar-refractivity contribution in [3.63, 3.8) is 0 Å². The lowest BCUT2D eigenvalue weighted by Crippen LogP contribution is -2.40. The Labute approximate surface area is 112 Å². The van der Waals surface area contributed by atoms with Crippen molar-refractivity contribution in [3.05, 3.63) is 24.2 Å². The predicted octanol–water partition coefficient (Wildman–Crippen LogP) is 1.53. The maximum Gasteiger partial charge on any atom is 0.154 e. The smallest absolute Gasteiger partial charge is 0.154 e. The molecule has 4 rings (SSSR count). The lowest BCUT2D eigenvalue weighted by Gasteiger charge is -2.31. The summed E-state index contributed by atoms with van der Waals surface area (Å²) >= 11 is 0. The summed E-state index contributed by atoms with van der Waals surface area (Å²) in [4.78, 5) is 6.92. The van der Waals surface area contributed by atoms with Crippen molar-refractivity contribution in [2.75, 3.05) is 18.0 Å². The molecule has 19 heavy (non-hydrogen) atoms. The third-order valence-electron chi connectivity index (χ3n) is 4.22. The molecule has 0 bridgehead atoms. The van der Waals surface area contributed by atoms with E-state index in [1.807, 2.05) is 16.9 Å². The number of nitrogens with zero attached hydrogens (tertiary/aromatic N) is 4. The standard InChI is InChI=1S/C14H19N5/c15-11-3-6-18(7-4-11)14-13-9-12(10-1-2-10)17-19(13)8-5-16-14/h5,8-11H,1-4,6-7,15H2. The summed E-state index contributed by atoms with van der Waals surface area (Å²) in [6, 6.07) is 2.57. The van der Waals surface area contributed by atoms with Crippen LogP contribution in [0.25, 0.3) is 5.52 Å². The van der Waals surface area contributed by atoms with Crippen LogP contribution < -0.4 is 10.6 Å². The molecule has 0 unspecified atom stereocenters. The Balaban J connectivity index is 1.72. The zero-order chi connectivity index (χ0) is 12.8. The van der Waals surface area contributed by atoms with Crippen LogP contribution >= 0.6 is 0 Å². The van der Waals surface area contributed by atoms with Crippen LogP contribution in [0.3, 0.4) is 0 Å². The van der Waals surface area contributed by atoms with E-state index in [-0.39, 0.29) is 0 Å². The van der Waals surface area contributed by atoms with Gasteiger partial charge in [-0.15, -0.1) is 0 Å². The minimum Gasteiger partial charge on any atom is -0.355 e. The molecule has 0 aromatic carbocycles. The van der Waals surface area contributed by atoms with Crippen molar-refractivity contribution in [1.29, 1.82) is 0 Å². The normalized spacial score (nSPS) is 21.2. The van der Waals surface area contributed by atoms with Crippen molar-refractivity contribution in [2.24, 2.45) is 5.73 Å². The number of rotatable bonds is 2. The first-order chi connectivity index (χ1) is 9.31. The molecule has 0 amide bonds. The Morgan fingerprint density at radius 1 is 1.16 bits per heavy atom. The predicted molar refractivity (Wildman–Crippen MR) is 74.4 cm³/mol. The lowest BCUT2D eigenvalue weighted by molar-refractivity contribution is 0.499. The number of anilines is 1. The van der Waals surface area contributed by atoms with E-state index in [1.54, 1.807) is 0 Å². The van der Waals surface area contributed by atoms with Crippen LogP contribution in [0.5, 0.6) is 0 Å². The van der Waals surface area contributed by atoms with E-state index >= 15 is 0 Å². The highest BCUT2D eigenvalue weighted by atomic mass is 15.3. The van der Waals surface area contributed by atoms with Crippen LogP contribution in [0.15, 0.2) is 18.5 Å². The summed E-state index contributed by atoms with van der Waals surface area (Å²) in [5.41, 5.74) is 8.34. The van der Waals surface area contributed by atoms with E-state index in [2.05, 4.69) is 21.0 Å². The molecule has 100 valence electrons. The van der Waals surface area contributed by atoms with Crippen LogP contribution in [-0.2, 0) is 0 Å².